The van der Waals surface area contributed by atoms with Crippen LogP contribution in [0.25, 0.3) is 0 Å². The molecule has 0 fully saturated rings. The van der Waals surface area contributed by atoms with Crippen molar-refractivity contribution in [2.24, 2.45) is 0 Å². The molecule has 1 aromatic rings. The van der Waals surface area contributed by atoms with Gasteiger partial charge in [-0.2, -0.15) is 0 Å². The second kappa shape index (κ2) is 9.60. The Morgan fingerprint density at radius 2 is 1.63 bits per heavy atom. The van der Waals surface area contributed by atoms with E-state index in [0.29, 0.717) is 0 Å². The van der Waals surface area contributed by atoms with E-state index in [-0.39, 0.29) is 5.91 Å². The van der Waals surface area contributed by atoms with Gasteiger partial charge in [-0.1, -0.05) is 69.4 Å². The van der Waals surface area contributed by atoms with Crippen LogP contribution in [0, 0.1) is 0 Å². The molecule has 0 aliphatic rings. The molecule has 2 nitrogen and oxygen atoms in total. The van der Waals surface area contributed by atoms with Gasteiger partial charge in [0.2, 0.25) is 5.91 Å². The van der Waals surface area contributed by atoms with Gasteiger partial charge in [0, 0.05) is 20.0 Å². The zero-order valence-corrected chi connectivity index (χ0v) is 12.4. The van der Waals surface area contributed by atoms with Gasteiger partial charge in [0.25, 0.3) is 0 Å². The first-order valence-corrected chi connectivity index (χ1v) is 7.53. The third-order valence-electron chi connectivity index (χ3n) is 3.44. The molecule has 106 valence electrons. The molecule has 0 aliphatic carbocycles. The van der Waals surface area contributed by atoms with Crippen molar-refractivity contribution in [3.05, 3.63) is 35.9 Å². The van der Waals surface area contributed by atoms with Crippen molar-refractivity contribution in [2.45, 2.75) is 58.9 Å². The molecule has 19 heavy (non-hydrogen) atoms. The molecule has 0 saturated carbocycles. The minimum atomic E-state index is 0.178. The van der Waals surface area contributed by atoms with Crippen molar-refractivity contribution < 1.29 is 4.79 Å². The quantitative estimate of drug-likeness (QED) is 0.603. The fraction of sp³-hybridized carbons (Fsp3) is 0.588. The fourth-order valence-electron chi connectivity index (χ4n) is 2.23. The van der Waals surface area contributed by atoms with E-state index in [1.807, 2.05) is 23.1 Å². The van der Waals surface area contributed by atoms with Gasteiger partial charge in [-0.15, -0.1) is 0 Å². The molecule has 2 heteroatoms. The molecule has 0 radical (unpaired) electrons. The number of carbonyl (C=O) groups is 1. The number of carbonyl (C=O) groups excluding carboxylic acids is 1. The third-order valence-corrected chi connectivity index (χ3v) is 3.44. The topological polar surface area (TPSA) is 20.3 Å². The molecule has 1 rings (SSSR count). The van der Waals surface area contributed by atoms with Crippen LogP contribution < -0.4 is 0 Å². The Bertz CT molecular complexity index is 348. The van der Waals surface area contributed by atoms with E-state index in [9.17, 15) is 4.79 Å². The van der Waals surface area contributed by atoms with Crippen LogP contribution in [0.3, 0.4) is 0 Å². The van der Waals surface area contributed by atoms with E-state index in [0.717, 1.165) is 19.5 Å². The first kappa shape index (κ1) is 15.7. The van der Waals surface area contributed by atoms with E-state index in [4.69, 9.17) is 0 Å². The molecule has 0 N–H and O–H groups in total. The molecule has 0 aliphatic heterocycles. The lowest BCUT2D eigenvalue weighted by Gasteiger charge is -2.21. The van der Waals surface area contributed by atoms with Crippen molar-refractivity contribution in [1.82, 2.24) is 4.90 Å². The average molecular weight is 261 g/mol. The number of amides is 1. The third kappa shape index (κ3) is 7.00. The Morgan fingerprint density at radius 3 is 2.26 bits per heavy atom. The molecule has 0 spiro atoms. The van der Waals surface area contributed by atoms with E-state index in [1.54, 1.807) is 6.92 Å². The van der Waals surface area contributed by atoms with Crippen LogP contribution in [0.2, 0.25) is 0 Å². The molecule has 0 bridgehead atoms. The molecule has 0 atom stereocenters. The van der Waals surface area contributed by atoms with Crippen molar-refractivity contribution in [1.29, 1.82) is 0 Å². The van der Waals surface area contributed by atoms with Gasteiger partial charge in [0.15, 0.2) is 0 Å². The number of rotatable bonds is 9. The van der Waals surface area contributed by atoms with E-state index >= 15 is 0 Å². The summed E-state index contributed by atoms with van der Waals surface area (Å²) < 4.78 is 0. The summed E-state index contributed by atoms with van der Waals surface area (Å²) >= 11 is 0. The lowest BCUT2D eigenvalue weighted by atomic mass is 10.1. The van der Waals surface area contributed by atoms with Gasteiger partial charge in [-0.05, 0) is 12.0 Å². The summed E-state index contributed by atoms with van der Waals surface area (Å²) in [5, 5.41) is 0. The summed E-state index contributed by atoms with van der Waals surface area (Å²) in [4.78, 5) is 13.6. The van der Waals surface area contributed by atoms with Gasteiger partial charge in [0.05, 0.1) is 0 Å². The molecule has 0 aromatic heterocycles. The first-order chi connectivity index (χ1) is 9.24. The molecular weight excluding hydrogens is 234 g/mol. The van der Waals surface area contributed by atoms with Gasteiger partial charge in [-0.3, -0.25) is 4.79 Å². The van der Waals surface area contributed by atoms with Crippen molar-refractivity contribution in [3.63, 3.8) is 0 Å². The molecule has 1 aromatic carbocycles. The number of nitrogens with zero attached hydrogens (tertiary/aromatic N) is 1. The van der Waals surface area contributed by atoms with Crippen LogP contribution in [-0.4, -0.2) is 17.4 Å². The van der Waals surface area contributed by atoms with Gasteiger partial charge in [0.1, 0.15) is 0 Å². The van der Waals surface area contributed by atoms with Crippen LogP contribution in [-0.2, 0) is 11.3 Å². The minimum Gasteiger partial charge on any atom is -0.339 e. The van der Waals surface area contributed by atoms with Gasteiger partial charge < -0.3 is 4.90 Å². The summed E-state index contributed by atoms with van der Waals surface area (Å²) in [6, 6.07) is 10.2. The Hall–Kier alpha value is -1.31. The summed E-state index contributed by atoms with van der Waals surface area (Å²) in [5.74, 6) is 0.178. The molecular formula is C17H27NO. The maximum absolute atomic E-state index is 11.6. The normalized spacial score (nSPS) is 10.4. The Labute approximate surface area is 117 Å². The molecule has 0 heterocycles. The summed E-state index contributed by atoms with van der Waals surface area (Å²) in [5.41, 5.74) is 1.21. The van der Waals surface area contributed by atoms with E-state index in [1.165, 1.54) is 37.7 Å². The largest absolute Gasteiger partial charge is 0.339 e. The maximum atomic E-state index is 11.6. The van der Waals surface area contributed by atoms with Gasteiger partial charge >= 0.3 is 0 Å². The second-order valence-electron chi connectivity index (χ2n) is 5.19. The Kier molecular flexibility index (Phi) is 7.95. The number of unbranched alkanes of at least 4 members (excludes halogenated alkanes) is 5. The van der Waals surface area contributed by atoms with Crippen molar-refractivity contribution in [3.8, 4) is 0 Å². The standard InChI is InChI=1S/C17H27NO/c1-3-4-5-6-7-11-14-18(16(2)19)15-17-12-9-8-10-13-17/h8-10,12-13H,3-7,11,14-15H2,1-2H3. The molecule has 0 unspecified atom stereocenters. The van der Waals surface area contributed by atoms with E-state index < -0.39 is 0 Å². The second-order valence-corrected chi connectivity index (χ2v) is 5.19. The zero-order valence-electron chi connectivity index (χ0n) is 12.4. The Morgan fingerprint density at radius 1 is 1.00 bits per heavy atom. The molecule has 1 amide bonds. The predicted octanol–water partition coefficient (Wildman–Crippen LogP) is 4.40. The highest BCUT2D eigenvalue weighted by molar-refractivity contribution is 5.73. The first-order valence-electron chi connectivity index (χ1n) is 7.53. The maximum Gasteiger partial charge on any atom is 0.219 e. The highest BCUT2D eigenvalue weighted by Crippen LogP contribution is 2.09. The number of hydrogen-bond acceptors (Lipinski definition) is 1. The predicted molar refractivity (Wildman–Crippen MR) is 80.9 cm³/mol. The van der Waals surface area contributed by atoms with Crippen LogP contribution in [0.4, 0.5) is 0 Å². The average Bonchev–Trinajstić information content (AvgIpc) is 2.42. The van der Waals surface area contributed by atoms with Crippen LogP contribution in [0.15, 0.2) is 30.3 Å². The van der Waals surface area contributed by atoms with Crippen molar-refractivity contribution >= 4 is 5.91 Å². The smallest absolute Gasteiger partial charge is 0.219 e. The highest BCUT2D eigenvalue weighted by Gasteiger charge is 2.08. The number of benzene rings is 1. The van der Waals surface area contributed by atoms with Crippen LogP contribution in [0.5, 0.6) is 0 Å². The van der Waals surface area contributed by atoms with Crippen LogP contribution in [0.1, 0.15) is 57.9 Å². The van der Waals surface area contributed by atoms with Gasteiger partial charge in [-0.25, -0.2) is 0 Å². The summed E-state index contributed by atoms with van der Waals surface area (Å²) in [6.07, 6.45) is 7.60. The summed E-state index contributed by atoms with van der Waals surface area (Å²) in [6.45, 7) is 5.53. The van der Waals surface area contributed by atoms with Crippen molar-refractivity contribution in [2.75, 3.05) is 6.54 Å². The summed E-state index contributed by atoms with van der Waals surface area (Å²) in [7, 11) is 0. The Balaban J connectivity index is 2.27. The minimum absolute atomic E-state index is 0.178. The lowest BCUT2D eigenvalue weighted by Crippen LogP contribution is -2.29. The lowest BCUT2D eigenvalue weighted by molar-refractivity contribution is -0.129. The molecule has 0 saturated heterocycles. The fourth-order valence-corrected chi connectivity index (χ4v) is 2.23. The highest BCUT2D eigenvalue weighted by atomic mass is 16.2. The van der Waals surface area contributed by atoms with Crippen LogP contribution >= 0.6 is 0 Å². The van der Waals surface area contributed by atoms with E-state index in [2.05, 4.69) is 19.1 Å². The number of hydrogen-bond donors (Lipinski definition) is 0. The monoisotopic (exact) mass is 261 g/mol. The SMILES string of the molecule is CCCCCCCCN(Cc1ccccc1)C(C)=O. The zero-order chi connectivity index (χ0) is 13.9.